The Morgan fingerprint density at radius 3 is 2.84 bits per heavy atom. The minimum absolute atomic E-state index is 0. The van der Waals surface area contributed by atoms with E-state index in [1.54, 1.807) is 6.92 Å². The summed E-state index contributed by atoms with van der Waals surface area (Å²) in [6.07, 6.45) is 1.18. The van der Waals surface area contributed by atoms with E-state index in [9.17, 15) is 19.8 Å². The van der Waals surface area contributed by atoms with Crippen LogP contribution in [0.1, 0.15) is 19.8 Å². The Balaban J connectivity index is 0.00000133. The van der Waals surface area contributed by atoms with Crippen molar-refractivity contribution in [1.29, 1.82) is 0 Å². The number of thioether (sulfide) groups is 1. The predicted octanol–water partition coefficient (Wildman–Crippen LogP) is -3.68. The first-order valence-electron chi connectivity index (χ1n) is 6.13. The van der Waals surface area contributed by atoms with Crippen LogP contribution in [0.3, 0.4) is 0 Å². The normalized spacial score (nSPS) is 34.1. The van der Waals surface area contributed by atoms with Gasteiger partial charge in [-0.05, 0) is 25.5 Å². The topological polar surface area (TPSA) is 80.7 Å². The number of amides is 1. The second kappa shape index (κ2) is 5.41. The van der Waals surface area contributed by atoms with Crippen LogP contribution in [0, 0.1) is 11.8 Å². The molecule has 0 spiro atoms. The summed E-state index contributed by atoms with van der Waals surface area (Å²) >= 11 is 1.52. The Morgan fingerprint density at radius 1 is 1.58 bits per heavy atom. The van der Waals surface area contributed by atoms with Crippen molar-refractivity contribution in [3.05, 3.63) is 10.6 Å². The largest absolute Gasteiger partial charge is 1.00 e. The van der Waals surface area contributed by atoms with Crippen molar-refractivity contribution in [2.45, 2.75) is 31.9 Å². The fourth-order valence-corrected chi connectivity index (χ4v) is 4.64. The number of aliphatic hydroxyl groups excluding tert-OH is 1. The quantitative estimate of drug-likeness (QED) is 0.419. The summed E-state index contributed by atoms with van der Waals surface area (Å²) < 4.78 is 0. The Morgan fingerprint density at radius 2 is 2.26 bits per heavy atom. The molecule has 5 nitrogen and oxygen atoms in total. The smallest absolute Gasteiger partial charge is 0.543 e. The summed E-state index contributed by atoms with van der Waals surface area (Å²) in [5.74, 6) is -1.05. The number of aliphatic carboxylic acids is 1. The molecule has 7 heteroatoms. The van der Waals surface area contributed by atoms with Gasteiger partial charge in [0.25, 0.3) is 0 Å². The van der Waals surface area contributed by atoms with Gasteiger partial charge in [0.05, 0.1) is 29.7 Å². The van der Waals surface area contributed by atoms with Gasteiger partial charge in [0.1, 0.15) is 0 Å². The van der Waals surface area contributed by atoms with Crippen molar-refractivity contribution in [2.24, 2.45) is 11.8 Å². The molecule has 4 atom stereocenters. The van der Waals surface area contributed by atoms with Gasteiger partial charge in [0, 0.05) is 10.8 Å². The fraction of sp³-hybridized carbons (Fsp3) is 0.667. The molecule has 98 valence electrons. The van der Waals surface area contributed by atoms with E-state index >= 15 is 0 Å². The Bertz CT molecular complexity index is 465. The van der Waals surface area contributed by atoms with Crippen molar-refractivity contribution >= 4 is 23.6 Å². The molecule has 0 bridgehead atoms. The summed E-state index contributed by atoms with van der Waals surface area (Å²) in [6.45, 7) is 1.59. The molecular formula is C12H14NNaO4S. The molecule has 2 saturated heterocycles. The molecule has 0 aromatic carbocycles. The van der Waals surface area contributed by atoms with Crippen LogP contribution in [-0.4, -0.2) is 39.8 Å². The van der Waals surface area contributed by atoms with E-state index in [-0.39, 0.29) is 53.1 Å². The second-order valence-corrected chi connectivity index (χ2v) is 6.20. The minimum atomic E-state index is -1.27. The van der Waals surface area contributed by atoms with Crippen LogP contribution in [0.25, 0.3) is 0 Å². The van der Waals surface area contributed by atoms with E-state index in [1.165, 1.54) is 16.7 Å². The van der Waals surface area contributed by atoms with Crippen LogP contribution in [0.4, 0.5) is 0 Å². The number of nitrogens with zero attached hydrogens (tertiary/aromatic N) is 1. The third kappa shape index (κ3) is 2.08. The summed E-state index contributed by atoms with van der Waals surface area (Å²) in [5.41, 5.74) is 0.0524. The van der Waals surface area contributed by atoms with Gasteiger partial charge in [-0.1, -0.05) is 0 Å². The number of aliphatic hydroxyl groups is 1. The van der Waals surface area contributed by atoms with Gasteiger partial charge in [-0.25, -0.2) is 0 Å². The zero-order chi connectivity index (χ0) is 13.0. The van der Waals surface area contributed by atoms with E-state index in [1.807, 2.05) is 0 Å². The van der Waals surface area contributed by atoms with Crippen molar-refractivity contribution in [2.75, 3.05) is 5.75 Å². The van der Waals surface area contributed by atoms with Gasteiger partial charge in [-0.15, -0.1) is 11.8 Å². The van der Waals surface area contributed by atoms with E-state index in [2.05, 4.69) is 0 Å². The number of carbonyl (C=O) groups is 2. The molecule has 0 aliphatic carbocycles. The standard InChI is InChI=1S/C12H15NO4S.Na/c1-5(14)7-8-6-3-2-4-18-10(6)9(12(16)17)13(8)11(7)15;/h5-8,14H,2-4H2,1H3,(H,16,17);/q;+1/p-1/t5-,6?,7-,8-;/m1./s1. The molecule has 1 amide bonds. The van der Waals surface area contributed by atoms with Crippen LogP contribution < -0.4 is 34.7 Å². The number of hydrogen-bond acceptors (Lipinski definition) is 5. The van der Waals surface area contributed by atoms with Crippen LogP contribution in [0.5, 0.6) is 0 Å². The number of carboxylic acid groups (broad SMARTS) is 1. The molecule has 0 saturated carbocycles. The van der Waals surface area contributed by atoms with Crippen LogP contribution >= 0.6 is 11.8 Å². The first-order valence-corrected chi connectivity index (χ1v) is 7.12. The van der Waals surface area contributed by atoms with Crippen LogP contribution in [0.15, 0.2) is 10.6 Å². The fourth-order valence-electron chi connectivity index (χ4n) is 3.32. The maximum atomic E-state index is 12.0. The van der Waals surface area contributed by atoms with E-state index in [0.717, 1.165) is 23.5 Å². The van der Waals surface area contributed by atoms with Crippen molar-refractivity contribution in [3.8, 4) is 0 Å². The number of fused-ring (bicyclic) bond motifs is 3. The SMILES string of the molecule is C[C@@H](O)[C@H]1C(=O)N2C(C(=O)[O-])=C3SCCCC3[C@H]12.[Na+]. The number of β-lactam (4-membered cyclic amide) rings is 1. The number of rotatable bonds is 2. The Hall–Kier alpha value is -0.01000. The molecule has 3 aliphatic heterocycles. The third-order valence-electron chi connectivity index (χ3n) is 4.04. The summed E-state index contributed by atoms with van der Waals surface area (Å²) in [6, 6.07) is -0.173. The minimum Gasteiger partial charge on any atom is -0.543 e. The Labute approximate surface area is 137 Å². The molecule has 3 rings (SSSR count). The van der Waals surface area contributed by atoms with Gasteiger partial charge < -0.3 is 19.9 Å². The number of carboxylic acids is 1. The molecule has 19 heavy (non-hydrogen) atoms. The molecule has 1 N–H and O–H groups in total. The van der Waals surface area contributed by atoms with Crippen molar-refractivity contribution in [3.63, 3.8) is 0 Å². The monoisotopic (exact) mass is 291 g/mol. The second-order valence-electron chi connectivity index (χ2n) is 5.06. The van der Waals surface area contributed by atoms with Gasteiger partial charge in [0.2, 0.25) is 5.91 Å². The maximum Gasteiger partial charge on any atom is 1.00 e. The zero-order valence-electron chi connectivity index (χ0n) is 11.0. The first kappa shape index (κ1) is 15.4. The summed E-state index contributed by atoms with van der Waals surface area (Å²) in [7, 11) is 0. The zero-order valence-corrected chi connectivity index (χ0v) is 13.8. The first-order chi connectivity index (χ1) is 8.54. The molecule has 1 unspecified atom stereocenters. The number of carbonyl (C=O) groups excluding carboxylic acids is 2. The summed E-state index contributed by atoms with van der Waals surface area (Å²) in [5, 5.41) is 20.9. The average molecular weight is 291 g/mol. The van der Waals surface area contributed by atoms with E-state index < -0.39 is 18.0 Å². The number of hydrogen-bond donors (Lipinski definition) is 1. The third-order valence-corrected chi connectivity index (χ3v) is 5.34. The van der Waals surface area contributed by atoms with E-state index in [0.29, 0.717) is 0 Å². The van der Waals surface area contributed by atoms with Gasteiger partial charge in [-0.2, -0.15) is 0 Å². The molecule has 3 aliphatic rings. The van der Waals surface area contributed by atoms with Crippen molar-refractivity contribution < 1.29 is 49.4 Å². The average Bonchev–Trinajstić information content (AvgIpc) is 2.60. The van der Waals surface area contributed by atoms with Crippen molar-refractivity contribution in [1.82, 2.24) is 4.90 Å². The molecule has 3 heterocycles. The van der Waals surface area contributed by atoms with Crippen LogP contribution in [0.2, 0.25) is 0 Å². The predicted molar refractivity (Wildman–Crippen MR) is 63.0 cm³/mol. The van der Waals surface area contributed by atoms with Crippen LogP contribution in [-0.2, 0) is 9.59 Å². The summed E-state index contributed by atoms with van der Waals surface area (Å²) in [4.78, 5) is 25.3. The molecule has 0 aromatic rings. The molecule has 0 radical (unpaired) electrons. The molecular weight excluding hydrogens is 277 g/mol. The van der Waals surface area contributed by atoms with Gasteiger partial charge in [-0.3, -0.25) is 4.79 Å². The molecule has 0 aromatic heterocycles. The maximum absolute atomic E-state index is 12.0. The van der Waals surface area contributed by atoms with Gasteiger partial charge in [0.15, 0.2) is 0 Å². The van der Waals surface area contributed by atoms with E-state index in [4.69, 9.17) is 0 Å². The van der Waals surface area contributed by atoms with Gasteiger partial charge >= 0.3 is 29.6 Å². The Kier molecular flexibility index (Phi) is 4.38. The molecule has 2 fully saturated rings.